The van der Waals surface area contributed by atoms with Crippen molar-refractivity contribution in [3.05, 3.63) is 41.5 Å². The highest BCUT2D eigenvalue weighted by Gasteiger charge is 2.30. The second-order valence-corrected chi connectivity index (χ2v) is 8.89. The lowest BCUT2D eigenvalue weighted by molar-refractivity contribution is -0.131. The number of aryl methyl sites for hydroxylation is 1. The van der Waals surface area contributed by atoms with Crippen LogP contribution in [0.5, 0.6) is 0 Å². The molecule has 27 heavy (non-hydrogen) atoms. The molecular formula is C20H27N5OS. The Morgan fingerprint density at radius 3 is 2.67 bits per heavy atom. The molecule has 2 aliphatic heterocycles. The number of amides is 1. The van der Waals surface area contributed by atoms with Crippen LogP contribution < -0.4 is 5.32 Å². The number of piperidine rings is 1. The number of benzene rings is 1. The topological polar surface area (TPSA) is 63.1 Å². The van der Waals surface area contributed by atoms with Crippen LogP contribution >= 0.6 is 11.8 Å². The zero-order chi connectivity index (χ0) is 18.8. The first-order valence-electron chi connectivity index (χ1n) is 9.76. The first-order valence-corrected chi connectivity index (χ1v) is 10.6. The number of hydrogen-bond donors (Lipinski definition) is 1. The number of carbonyl (C=O) groups is 1. The van der Waals surface area contributed by atoms with E-state index < -0.39 is 0 Å². The van der Waals surface area contributed by atoms with Crippen LogP contribution in [-0.2, 0) is 17.9 Å². The third kappa shape index (κ3) is 4.04. The number of nitrogens with one attached hydrogen (secondary N) is 1. The number of nitrogens with zero attached hydrogens (tertiary/aromatic N) is 4. The number of rotatable bonds is 4. The molecule has 6 nitrogen and oxygen atoms in total. The van der Waals surface area contributed by atoms with Gasteiger partial charge in [-0.05, 0) is 38.8 Å². The van der Waals surface area contributed by atoms with Gasteiger partial charge in [0.25, 0.3) is 0 Å². The largest absolute Gasteiger partial charge is 0.342 e. The summed E-state index contributed by atoms with van der Waals surface area (Å²) >= 11 is 1.65. The van der Waals surface area contributed by atoms with Gasteiger partial charge in [-0.2, -0.15) is 0 Å². The highest BCUT2D eigenvalue weighted by Crippen LogP contribution is 2.30. The third-order valence-electron chi connectivity index (χ3n) is 5.50. The summed E-state index contributed by atoms with van der Waals surface area (Å²) in [5.41, 5.74) is 1.24. The highest BCUT2D eigenvalue weighted by atomic mass is 32.2. The second-order valence-electron chi connectivity index (χ2n) is 7.48. The molecule has 144 valence electrons. The smallest absolute Gasteiger partial charge is 0.235 e. The van der Waals surface area contributed by atoms with Crippen LogP contribution in [0, 0.1) is 6.92 Å². The van der Waals surface area contributed by atoms with E-state index in [1.54, 1.807) is 11.8 Å². The minimum Gasteiger partial charge on any atom is -0.342 e. The lowest BCUT2D eigenvalue weighted by atomic mass is 9.95. The maximum Gasteiger partial charge on any atom is 0.235 e. The molecular weight excluding hydrogens is 358 g/mol. The Hall–Kier alpha value is -1.86. The molecule has 1 aromatic carbocycles. The zero-order valence-corrected chi connectivity index (χ0v) is 16.8. The minimum absolute atomic E-state index is 0.0591. The summed E-state index contributed by atoms with van der Waals surface area (Å²) in [6, 6.07) is 8.39. The van der Waals surface area contributed by atoms with E-state index in [-0.39, 0.29) is 11.2 Å². The molecule has 2 aliphatic rings. The molecule has 1 atom stereocenters. The third-order valence-corrected chi connectivity index (χ3v) is 6.60. The summed E-state index contributed by atoms with van der Waals surface area (Å²) in [5, 5.41) is 12.1. The lowest BCUT2D eigenvalue weighted by Gasteiger charge is -2.33. The van der Waals surface area contributed by atoms with Crippen LogP contribution in [0.2, 0.25) is 0 Å². The molecule has 1 amide bonds. The average Bonchev–Trinajstić information content (AvgIpc) is 3.13. The molecule has 1 unspecified atom stereocenters. The van der Waals surface area contributed by atoms with E-state index in [1.807, 2.05) is 11.8 Å². The van der Waals surface area contributed by atoms with Crippen molar-refractivity contribution in [3.63, 3.8) is 0 Å². The molecule has 0 saturated carbocycles. The van der Waals surface area contributed by atoms with Crippen LogP contribution in [0.3, 0.4) is 0 Å². The van der Waals surface area contributed by atoms with Gasteiger partial charge in [-0.3, -0.25) is 4.79 Å². The Labute approximate surface area is 164 Å². The highest BCUT2D eigenvalue weighted by molar-refractivity contribution is 8.00. The molecule has 1 N–H and O–H groups in total. The van der Waals surface area contributed by atoms with Crippen molar-refractivity contribution < 1.29 is 4.79 Å². The Morgan fingerprint density at radius 2 is 1.93 bits per heavy atom. The van der Waals surface area contributed by atoms with Crippen molar-refractivity contribution in [1.82, 2.24) is 25.0 Å². The number of fused-ring (bicyclic) bond motifs is 1. The van der Waals surface area contributed by atoms with Gasteiger partial charge in [-0.15, -0.1) is 22.0 Å². The standard InChI is InChI=1S/C20H27N5OS/c1-14-3-5-17(6-4-14)27-15(2)20(26)24-10-7-16(8-11-24)19-23-22-18-13-21-9-12-25(18)19/h3-6,15-16,21H,7-13H2,1-2H3. The van der Waals surface area contributed by atoms with Crippen molar-refractivity contribution >= 4 is 17.7 Å². The SMILES string of the molecule is Cc1ccc(SC(C)C(=O)N2CCC(c3nnc4n3CCNC4)CC2)cc1. The summed E-state index contributed by atoms with van der Waals surface area (Å²) in [4.78, 5) is 16.0. The molecule has 0 spiro atoms. The van der Waals surface area contributed by atoms with Crippen LogP contribution in [0.15, 0.2) is 29.2 Å². The van der Waals surface area contributed by atoms with E-state index in [0.29, 0.717) is 5.92 Å². The Morgan fingerprint density at radius 1 is 1.19 bits per heavy atom. The summed E-state index contributed by atoms with van der Waals surface area (Å²) in [7, 11) is 0. The zero-order valence-electron chi connectivity index (χ0n) is 16.0. The maximum absolute atomic E-state index is 12.9. The van der Waals surface area contributed by atoms with E-state index in [0.717, 1.165) is 62.1 Å². The lowest BCUT2D eigenvalue weighted by Crippen LogP contribution is -2.42. The number of aromatic nitrogens is 3. The molecule has 1 aromatic heterocycles. The minimum atomic E-state index is -0.0591. The van der Waals surface area contributed by atoms with Crippen molar-refractivity contribution in [2.24, 2.45) is 0 Å². The van der Waals surface area contributed by atoms with Gasteiger partial charge >= 0.3 is 0 Å². The molecule has 0 bridgehead atoms. The van der Waals surface area contributed by atoms with Gasteiger partial charge in [0.1, 0.15) is 11.6 Å². The van der Waals surface area contributed by atoms with Gasteiger partial charge in [0.2, 0.25) is 5.91 Å². The van der Waals surface area contributed by atoms with Crippen molar-refractivity contribution in [2.45, 2.75) is 55.8 Å². The van der Waals surface area contributed by atoms with Gasteiger partial charge in [0.15, 0.2) is 0 Å². The first-order chi connectivity index (χ1) is 13.1. The van der Waals surface area contributed by atoms with Gasteiger partial charge in [0.05, 0.1) is 11.8 Å². The van der Waals surface area contributed by atoms with Gasteiger partial charge < -0.3 is 14.8 Å². The predicted molar refractivity (Wildman–Crippen MR) is 107 cm³/mol. The predicted octanol–water partition coefficient (Wildman–Crippen LogP) is 2.58. The summed E-state index contributed by atoms with van der Waals surface area (Å²) < 4.78 is 2.27. The van der Waals surface area contributed by atoms with E-state index in [1.165, 1.54) is 5.56 Å². The summed E-state index contributed by atoms with van der Waals surface area (Å²) in [5.74, 6) is 2.80. The number of carbonyl (C=O) groups excluding carboxylic acids is 1. The number of thioether (sulfide) groups is 1. The van der Waals surface area contributed by atoms with Gasteiger partial charge in [0, 0.05) is 37.0 Å². The molecule has 4 rings (SSSR count). The van der Waals surface area contributed by atoms with Crippen molar-refractivity contribution in [1.29, 1.82) is 0 Å². The number of likely N-dealkylation sites (tertiary alicyclic amines) is 1. The van der Waals surface area contributed by atoms with Crippen molar-refractivity contribution in [3.8, 4) is 0 Å². The van der Waals surface area contributed by atoms with E-state index in [2.05, 4.69) is 51.3 Å². The molecule has 1 fully saturated rings. The molecule has 7 heteroatoms. The van der Waals surface area contributed by atoms with E-state index in [4.69, 9.17) is 0 Å². The summed E-state index contributed by atoms with van der Waals surface area (Å²) in [6.45, 7) is 8.44. The second kappa shape index (κ2) is 8.02. The van der Waals surface area contributed by atoms with E-state index >= 15 is 0 Å². The Bertz CT molecular complexity index is 795. The first kappa shape index (κ1) is 18.5. The molecule has 0 aliphatic carbocycles. The van der Waals surface area contributed by atoms with Crippen LogP contribution in [-0.4, -0.2) is 50.5 Å². The molecule has 3 heterocycles. The Kier molecular flexibility index (Phi) is 5.50. The average molecular weight is 386 g/mol. The molecule has 1 saturated heterocycles. The van der Waals surface area contributed by atoms with Crippen LogP contribution in [0.25, 0.3) is 0 Å². The number of hydrogen-bond acceptors (Lipinski definition) is 5. The van der Waals surface area contributed by atoms with Crippen molar-refractivity contribution in [2.75, 3.05) is 19.6 Å². The van der Waals surface area contributed by atoms with Crippen LogP contribution in [0.1, 0.15) is 42.9 Å². The van der Waals surface area contributed by atoms with Gasteiger partial charge in [-0.1, -0.05) is 17.7 Å². The Balaban J connectivity index is 1.34. The van der Waals surface area contributed by atoms with E-state index in [9.17, 15) is 4.79 Å². The fourth-order valence-electron chi connectivity index (χ4n) is 3.90. The normalized spacial score (nSPS) is 19.0. The van der Waals surface area contributed by atoms with Gasteiger partial charge in [-0.25, -0.2) is 0 Å². The fraction of sp³-hybridized carbons (Fsp3) is 0.550. The fourth-order valence-corrected chi connectivity index (χ4v) is 4.85. The summed E-state index contributed by atoms with van der Waals surface area (Å²) in [6.07, 6.45) is 1.94. The van der Waals surface area contributed by atoms with Crippen LogP contribution in [0.4, 0.5) is 0 Å². The quantitative estimate of drug-likeness (QED) is 0.820. The monoisotopic (exact) mass is 385 g/mol. The molecule has 2 aromatic rings. The maximum atomic E-state index is 12.9. The molecule has 0 radical (unpaired) electrons.